The maximum Gasteiger partial charge on any atom is 0.217 e. The van der Waals surface area contributed by atoms with E-state index in [2.05, 4.69) is 0 Å². The van der Waals surface area contributed by atoms with E-state index < -0.39 is 15.5 Å². The summed E-state index contributed by atoms with van der Waals surface area (Å²) in [5.74, 6) is -0.502. The fourth-order valence-corrected chi connectivity index (χ4v) is 6.14. The van der Waals surface area contributed by atoms with Gasteiger partial charge in [-0.15, -0.1) is 23.2 Å². The van der Waals surface area contributed by atoms with Gasteiger partial charge in [-0.1, -0.05) is 29.3 Å². The van der Waals surface area contributed by atoms with Crippen molar-refractivity contribution < 1.29 is 18.9 Å². The van der Waals surface area contributed by atoms with Gasteiger partial charge in [-0.2, -0.15) is 0 Å². The van der Waals surface area contributed by atoms with E-state index in [0.29, 0.717) is 17.9 Å². The maximum absolute atomic E-state index is 7.04. The first-order valence-corrected chi connectivity index (χ1v) is 9.04. The molecule has 1 saturated carbocycles. The summed E-state index contributed by atoms with van der Waals surface area (Å²) in [7, 11) is 6.11. The summed E-state index contributed by atoms with van der Waals surface area (Å²) >= 11 is 26.9. The Morgan fingerprint density at radius 3 is 2.00 bits per heavy atom. The summed E-state index contributed by atoms with van der Waals surface area (Å²) in [4.78, 5) is -2.45. The average Bonchev–Trinajstić information content (AvgIpc) is 2.91. The van der Waals surface area contributed by atoms with Gasteiger partial charge in [0.15, 0.2) is 11.5 Å². The normalized spacial score (nSPS) is 33.0. The van der Waals surface area contributed by atoms with Crippen molar-refractivity contribution in [1.82, 2.24) is 0 Å². The zero-order valence-corrected chi connectivity index (χ0v) is 17.2. The summed E-state index contributed by atoms with van der Waals surface area (Å²) in [6, 6.07) is 5.55. The number of halogens is 4. The highest BCUT2D eigenvalue weighted by atomic mass is 35.5. The molecule has 0 radical (unpaired) electrons. The number of alkyl halides is 2. The van der Waals surface area contributed by atoms with Crippen molar-refractivity contribution in [1.29, 1.82) is 0 Å². The second kappa shape index (κ2) is 6.36. The highest BCUT2D eigenvalue weighted by Crippen LogP contribution is 2.74. The van der Waals surface area contributed by atoms with E-state index >= 15 is 0 Å². The molecule has 2 aliphatic carbocycles. The molecular weight excluding hydrogens is 410 g/mol. The molecule has 0 aliphatic heterocycles. The molecule has 25 heavy (non-hydrogen) atoms. The molecule has 0 heterocycles. The smallest absolute Gasteiger partial charge is 0.217 e. The minimum atomic E-state index is -1.39. The molecule has 138 valence electrons. The number of methoxy groups -OCH3 is 4. The molecule has 0 N–H and O–H groups in total. The standard InChI is InChI=1S/C17H18Cl4O4/c1-22-11-6-5-9(7-12(11)23-2)10-8-15(20)13(18)14(19)16(10,21)17(15,24-3)25-4/h5-7,10H,8H2,1-4H3/t10-,15-,16+/m1/s1. The van der Waals surface area contributed by atoms with Gasteiger partial charge in [0, 0.05) is 20.1 Å². The van der Waals surface area contributed by atoms with Crippen molar-refractivity contribution in [2.45, 2.75) is 27.9 Å². The summed E-state index contributed by atoms with van der Waals surface area (Å²) in [6.07, 6.45) is 0.393. The Bertz CT molecular complexity index is 733. The van der Waals surface area contributed by atoms with Gasteiger partial charge in [0.05, 0.1) is 24.3 Å². The summed E-state index contributed by atoms with van der Waals surface area (Å²) in [6.45, 7) is 0. The van der Waals surface area contributed by atoms with E-state index in [9.17, 15) is 0 Å². The first-order chi connectivity index (χ1) is 11.8. The van der Waals surface area contributed by atoms with Crippen LogP contribution in [0.5, 0.6) is 11.5 Å². The first-order valence-electron chi connectivity index (χ1n) is 7.53. The molecule has 0 saturated heterocycles. The molecule has 1 aromatic carbocycles. The third-order valence-electron chi connectivity index (χ3n) is 5.21. The fourth-order valence-electron chi connectivity index (χ4n) is 4.06. The molecule has 2 bridgehead atoms. The van der Waals surface area contributed by atoms with Gasteiger partial charge in [-0.25, -0.2) is 0 Å². The highest BCUT2D eigenvalue weighted by molar-refractivity contribution is 6.52. The quantitative estimate of drug-likeness (QED) is 0.497. The van der Waals surface area contributed by atoms with Crippen LogP contribution in [0.15, 0.2) is 28.3 Å². The Kier molecular flexibility index (Phi) is 4.94. The Morgan fingerprint density at radius 2 is 1.52 bits per heavy atom. The molecule has 8 heteroatoms. The van der Waals surface area contributed by atoms with Crippen molar-refractivity contribution >= 4 is 46.4 Å². The molecule has 0 spiro atoms. The van der Waals surface area contributed by atoms with Crippen LogP contribution in [-0.2, 0) is 9.47 Å². The van der Waals surface area contributed by atoms with Crippen LogP contribution in [-0.4, -0.2) is 44.0 Å². The van der Waals surface area contributed by atoms with Crippen molar-refractivity contribution in [3.8, 4) is 11.5 Å². The number of fused-ring (bicyclic) bond motifs is 2. The summed E-state index contributed by atoms with van der Waals surface area (Å²) in [5.41, 5.74) is 0.871. The molecule has 0 unspecified atom stereocenters. The van der Waals surface area contributed by atoms with Crippen molar-refractivity contribution in [3.05, 3.63) is 33.8 Å². The van der Waals surface area contributed by atoms with E-state index in [-0.39, 0.29) is 16.0 Å². The number of hydrogen-bond donors (Lipinski definition) is 0. The second-order valence-corrected chi connectivity index (χ2v) is 8.03. The largest absolute Gasteiger partial charge is 0.493 e. The Hall–Kier alpha value is -0.360. The van der Waals surface area contributed by atoms with E-state index in [0.717, 1.165) is 5.56 Å². The number of benzene rings is 1. The lowest BCUT2D eigenvalue weighted by molar-refractivity contribution is -0.217. The van der Waals surface area contributed by atoms with Crippen LogP contribution in [0.3, 0.4) is 0 Å². The lowest BCUT2D eigenvalue weighted by Crippen LogP contribution is -2.56. The third kappa shape index (κ3) is 2.16. The highest BCUT2D eigenvalue weighted by Gasteiger charge is 2.81. The van der Waals surface area contributed by atoms with Crippen LogP contribution >= 0.6 is 46.4 Å². The van der Waals surface area contributed by atoms with Gasteiger partial charge in [0.2, 0.25) is 5.79 Å². The third-order valence-corrected chi connectivity index (χ3v) is 7.79. The van der Waals surface area contributed by atoms with Crippen molar-refractivity contribution in [2.75, 3.05) is 28.4 Å². The van der Waals surface area contributed by atoms with Crippen molar-refractivity contribution in [2.24, 2.45) is 0 Å². The zero-order chi connectivity index (χ0) is 18.6. The predicted octanol–water partition coefficient (Wildman–Crippen LogP) is 4.84. The fraction of sp³-hybridized carbons (Fsp3) is 0.529. The van der Waals surface area contributed by atoms with Crippen LogP contribution in [0, 0.1) is 0 Å². The molecule has 3 rings (SSSR count). The second-order valence-electron chi connectivity index (χ2n) is 6.04. The van der Waals surface area contributed by atoms with Crippen LogP contribution < -0.4 is 9.47 Å². The lowest BCUT2D eigenvalue weighted by Gasteiger charge is -2.41. The van der Waals surface area contributed by atoms with Crippen LogP contribution in [0.4, 0.5) is 0 Å². The van der Waals surface area contributed by atoms with Gasteiger partial charge in [0.25, 0.3) is 0 Å². The Labute approximate surface area is 166 Å². The molecule has 2 aliphatic rings. The SMILES string of the molecule is COc1ccc([C@H]2C[C@@]3(Cl)C(Cl)=C(Cl)[C@]2(Cl)C3(OC)OC)cc1OC. The van der Waals surface area contributed by atoms with E-state index in [1.54, 1.807) is 14.2 Å². The molecule has 3 atom stereocenters. The van der Waals surface area contributed by atoms with Crippen LogP contribution in [0.25, 0.3) is 0 Å². The van der Waals surface area contributed by atoms with Gasteiger partial charge in [-0.3, -0.25) is 0 Å². The van der Waals surface area contributed by atoms with Crippen LogP contribution in [0.1, 0.15) is 17.9 Å². The van der Waals surface area contributed by atoms with E-state index in [4.69, 9.17) is 65.4 Å². The predicted molar refractivity (Wildman–Crippen MR) is 99.6 cm³/mol. The number of rotatable bonds is 5. The van der Waals surface area contributed by atoms with E-state index in [1.165, 1.54) is 14.2 Å². The first kappa shape index (κ1) is 19.4. The maximum atomic E-state index is 7.04. The minimum Gasteiger partial charge on any atom is -0.493 e. The number of hydrogen-bond acceptors (Lipinski definition) is 4. The van der Waals surface area contributed by atoms with E-state index in [1.807, 2.05) is 18.2 Å². The molecule has 1 aromatic rings. The topological polar surface area (TPSA) is 36.9 Å². The van der Waals surface area contributed by atoms with Gasteiger partial charge < -0.3 is 18.9 Å². The van der Waals surface area contributed by atoms with Gasteiger partial charge in [-0.05, 0) is 24.1 Å². The molecular formula is C17H18Cl4O4. The van der Waals surface area contributed by atoms with Gasteiger partial charge in [0.1, 0.15) is 9.75 Å². The zero-order valence-electron chi connectivity index (χ0n) is 14.2. The van der Waals surface area contributed by atoms with Gasteiger partial charge >= 0.3 is 0 Å². The summed E-state index contributed by atoms with van der Waals surface area (Å²) in [5, 5.41) is 0.492. The summed E-state index contributed by atoms with van der Waals surface area (Å²) < 4.78 is 22.0. The van der Waals surface area contributed by atoms with Crippen LogP contribution in [0.2, 0.25) is 0 Å². The monoisotopic (exact) mass is 426 g/mol. The Balaban J connectivity index is 2.18. The molecule has 4 nitrogen and oxygen atoms in total. The van der Waals surface area contributed by atoms with Crippen molar-refractivity contribution in [3.63, 3.8) is 0 Å². The minimum absolute atomic E-state index is 0.237. The molecule has 0 amide bonds. The number of ether oxygens (including phenoxy) is 4. The molecule has 1 fully saturated rings. The Morgan fingerprint density at radius 1 is 0.920 bits per heavy atom. The lowest BCUT2D eigenvalue weighted by atomic mass is 9.85. The molecule has 0 aromatic heterocycles. The average molecular weight is 428 g/mol.